The first-order valence-electron chi connectivity index (χ1n) is 4.66. The van der Waals surface area contributed by atoms with Gasteiger partial charge in [0.15, 0.2) is 0 Å². The van der Waals surface area contributed by atoms with Gasteiger partial charge in [-0.3, -0.25) is 0 Å². The van der Waals surface area contributed by atoms with E-state index in [0.717, 1.165) is 6.07 Å². The van der Waals surface area contributed by atoms with Crippen LogP contribution in [0, 0.1) is 5.82 Å². The fourth-order valence-corrected chi connectivity index (χ4v) is 1.09. The molecular weight excluding hydrogens is 171 g/mol. The Morgan fingerprint density at radius 3 is 3.15 bits per heavy atom. The lowest BCUT2D eigenvalue weighted by atomic mass is 10.0. The number of carboxylic acid groups (broad SMARTS) is 1. The maximum absolute atomic E-state index is 13.1. The smallest absolute Gasteiger partial charge is 0.338 e. The van der Waals surface area contributed by atoms with Gasteiger partial charge in [-0.15, -0.1) is 6.53 Å². The van der Waals surface area contributed by atoms with Gasteiger partial charge in [-0.05, 0) is 18.1 Å². The zero-order valence-corrected chi connectivity index (χ0v) is 6.75. The van der Waals surface area contributed by atoms with Crippen molar-refractivity contribution >= 4 is 5.97 Å². The molecule has 2 nitrogen and oxygen atoms in total. The third kappa shape index (κ3) is 1.93. The number of benzene rings is 1. The summed E-state index contributed by atoms with van der Waals surface area (Å²) in [5.41, 5.74) is -0.130. The van der Waals surface area contributed by atoms with Crippen LogP contribution in [0.5, 0.6) is 0 Å². The molecule has 0 spiro atoms. The fourth-order valence-electron chi connectivity index (χ4n) is 1.09. The third-order valence-corrected chi connectivity index (χ3v) is 1.64. The highest BCUT2D eigenvalue weighted by Crippen LogP contribution is 2.14. The molecule has 68 valence electrons. The Hall–Kier alpha value is -1.64. The largest absolute Gasteiger partial charge is 0.478 e. The summed E-state index contributed by atoms with van der Waals surface area (Å²) in [6.45, 7) is -0.421. The molecule has 0 radical (unpaired) electrons. The van der Waals surface area contributed by atoms with E-state index in [9.17, 15) is 9.18 Å². The van der Waals surface area contributed by atoms with Gasteiger partial charge in [0.25, 0.3) is 0 Å². The lowest BCUT2D eigenvalue weighted by molar-refractivity contribution is 0.0691. The number of hydrogen-bond acceptors (Lipinski definition) is 1. The van der Waals surface area contributed by atoms with Gasteiger partial charge in [-0.2, -0.15) is 0 Å². The monoisotopic (exact) mass is 182 g/mol. The average molecular weight is 182 g/mol. The second-order valence-electron chi connectivity index (χ2n) is 2.49. The van der Waals surface area contributed by atoms with Gasteiger partial charge in [0, 0.05) is 0 Å². The molecule has 1 rings (SSSR count). The minimum atomic E-state index is -1.34. The van der Waals surface area contributed by atoms with Crippen molar-refractivity contribution < 1.29 is 17.0 Å². The molecule has 0 saturated heterocycles. The van der Waals surface area contributed by atoms with Gasteiger partial charge in [-0.25, -0.2) is 9.18 Å². The first-order valence-corrected chi connectivity index (χ1v) is 3.66. The summed E-state index contributed by atoms with van der Waals surface area (Å²) in [4.78, 5) is 10.7. The number of carbonyl (C=O) groups is 1. The van der Waals surface area contributed by atoms with E-state index >= 15 is 0 Å². The van der Waals surface area contributed by atoms with Crippen LogP contribution in [0.25, 0.3) is 0 Å². The van der Waals surface area contributed by atoms with Gasteiger partial charge in [-0.1, -0.05) is 18.2 Å². The number of carboxylic acids is 1. The second-order valence-corrected chi connectivity index (χ2v) is 2.49. The number of halogens is 1. The van der Waals surface area contributed by atoms with Crippen LogP contribution in [0.3, 0.4) is 0 Å². The van der Waals surface area contributed by atoms with Crippen molar-refractivity contribution in [2.24, 2.45) is 0 Å². The molecule has 0 aliphatic rings. The third-order valence-electron chi connectivity index (χ3n) is 1.64. The highest BCUT2D eigenvalue weighted by molar-refractivity contribution is 5.89. The van der Waals surface area contributed by atoms with Crippen LogP contribution < -0.4 is 0 Å². The van der Waals surface area contributed by atoms with Crippen LogP contribution in [0.15, 0.2) is 30.8 Å². The molecule has 3 heteroatoms. The highest BCUT2D eigenvalue weighted by atomic mass is 19.1. The fraction of sp³-hybridized carbons (Fsp3) is 0.100. The van der Waals surface area contributed by atoms with Crippen LogP contribution in [0.4, 0.5) is 4.39 Å². The normalized spacial score (nSPS) is 11.5. The van der Waals surface area contributed by atoms with Gasteiger partial charge < -0.3 is 5.11 Å². The van der Waals surface area contributed by atoms with Crippen LogP contribution >= 0.6 is 0 Å². The summed E-state index contributed by atoms with van der Waals surface area (Å²) < 4.78 is 26.8. The number of hydrogen-bond donors (Lipinski definition) is 1. The summed E-state index contributed by atoms with van der Waals surface area (Å²) in [6.07, 6.45) is 1.28. The van der Waals surface area contributed by atoms with E-state index in [1.165, 1.54) is 18.2 Å². The highest BCUT2D eigenvalue weighted by Gasteiger charge is 2.13. The molecule has 1 aromatic carbocycles. The maximum atomic E-state index is 13.1. The lowest BCUT2D eigenvalue weighted by Gasteiger charge is -2.03. The number of aromatic carboxylic acids is 1. The van der Waals surface area contributed by atoms with Crippen molar-refractivity contribution in [1.29, 1.82) is 0 Å². The predicted molar refractivity (Wildman–Crippen MR) is 47.3 cm³/mol. The Morgan fingerprint density at radius 1 is 1.77 bits per heavy atom. The zero-order valence-electron chi connectivity index (χ0n) is 8.75. The van der Waals surface area contributed by atoms with Crippen molar-refractivity contribution in [3.63, 3.8) is 0 Å². The topological polar surface area (TPSA) is 37.3 Å². The van der Waals surface area contributed by atoms with Crippen molar-refractivity contribution in [3.05, 3.63) is 47.8 Å². The molecule has 0 fully saturated rings. The zero-order chi connectivity index (χ0) is 11.4. The van der Waals surface area contributed by atoms with Gasteiger partial charge in [0.2, 0.25) is 0 Å². The molecule has 0 aromatic heterocycles. The SMILES string of the molecule is [2H]C([2H])=CCc1cccc(F)c1C(=O)O. The Bertz CT molecular complexity index is 412. The van der Waals surface area contributed by atoms with E-state index in [4.69, 9.17) is 7.85 Å². The molecule has 0 aliphatic heterocycles. The Balaban J connectivity index is 3.12. The standard InChI is InChI=1S/C10H9FO2/c1-2-4-7-5-3-6-8(11)9(7)10(12)13/h2-3,5-6H,1,4H2,(H,12,13)/i1D2. The Labute approximate surface area is 78.1 Å². The summed E-state index contributed by atoms with van der Waals surface area (Å²) in [7, 11) is 0. The molecular formula is C10H9FO2. The molecule has 13 heavy (non-hydrogen) atoms. The van der Waals surface area contributed by atoms with E-state index in [1.54, 1.807) is 0 Å². The first-order chi connectivity index (χ1) is 7.02. The summed E-state index contributed by atoms with van der Waals surface area (Å²) in [6, 6.07) is 3.93. The molecule has 0 amide bonds. The van der Waals surface area contributed by atoms with Crippen LogP contribution in [-0.2, 0) is 6.42 Å². The summed E-state index contributed by atoms with van der Waals surface area (Å²) in [5.74, 6) is -2.14. The molecule has 0 saturated carbocycles. The Morgan fingerprint density at radius 2 is 2.54 bits per heavy atom. The molecule has 0 atom stereocenters. The van der Waals surface area contributed by atoms with Crippen molar-refractivity contribution in [3.8, 4) is 0 Å². The van der Waals surface area contributed by atoms with E-state index in [2.05, 4.69) is 0 Å². The Kier molecular flexibility index (Phi) is 2.02. The van der Waals surface area contributed by atoms with E-state index in [0.29, 0.717) is 0 Å². The van der Waals surface area contributed by atoms with E-state index < -0.39 is 23.9 Å². The number of rotatable bonds is 3. The van der Waals surface area contributed by atoms with Gasteiger partial charge >= 0.3 is 5.97 Å². The maximum Gasteiger partial charge on any atom is 0.338 e. The molecule has 0 unspecified atom stereocenters. The second kappa shape index (κ2) is 3.85. The quantitative estimate of drug-likeness (QED) is 0.728. The average Bonchev–Trinajstić information content (AvgIpc) is 2.13. The number of allylic oxidation sites excluding steroid dienone is 1. The minimum absolute atomic E-state index is 0.0712. The van der Waals surface area contributed by atoms with Crippen LogP contribution in [-0.4, -0.2) is 11.1 Å². The predicted octanol–water partition coefficient (Wildman–Crippen LogP) is 2.25. The molecule has 0 aliphatic carbocycles. The van der Waals surface area contributed by atoms with Gasteiger partial charge in [0.05, 0.1) is 8.30 Å². The molecule has 0 bridgehead atoms. The van der Waals surface area contributed by atoms with Crippen LogP contribution in [0.2, 0.25) is 0 Å². The minimum Gasteiger partial charge on any atom is -0.478 e. The van der Waals surface area contributed by atoms with Crippen LogP contribution in [0.1, 0.15) is 18.7 Å². The molecule has 1 aromatic rings. The lowest BCUT2D eigenvalue weighted by Crippen LogP contribution is -2.05. The summed E-state index contributed by atoms with van der Waals surface area (Å²) in [5, 5.41) is 8.76. The molecule has 1 N–H and O–H groups in total. The first kappa shape index (κ1) is 6.83. The van der Waals surface area contributed by atoms with Crippen molar-refractivity contribution in [2.75, 3.05) is 0 Å². The molecule has 0 heterocycles. The van der Waals surface area contributed by atoms with E-state index in [-0.39, 0.29) is 12.0 Å². The summed E-state index contributed by atoms with van der Waals surface area (Å²) >= 11 is 0. The van der Waals surface area contributed by atoms with Crippen molar-refractivity contribution in [2.45, 2.75) is 6.42 Å². The van der Waals surface area contributed by atoms with E-state index in [1.807, 2.05) is 0 Å². The van der Waals surface area contributed by atoms with Gasteiger partial charge in [0.1, 0.15) is 5.82 Å². The van der Waals surface area contributed by atoms with Crippen molar-refractivity contribution in [1.82, 2.24) is 0 Å².